The number of hydrogen-bond donors (Lipinski definition) is 1. The van der Waals surface area contributed by atoms with E-state index >= 15 is 0 Å². The largest absolute Gasteiger partial charge is 0.480 e. The predicted molar refractivity (Wildman–Crippen MR) is 51.1 cm³/mol. The monoisotopic (exact) mass is 234 g/mol. The van der Waals surface area contributed by atoms with Crippen molar-refractivity contribution in [3.8, 4) is 0 Å². The van der Waals surface area contributed by atoms with Gasteiger partial charge in [0.15, 0.2) is 15.6 Å². The van der Waals surface area contributed by atoms with Crippen LogP contribution in [0.25, 0.3) is 0 Å². The lowest BCUT2D eigenvalue weighted by Gasteiger charge is -2.02. The molecule has 1 N–H and O–H groups in total. The van der Waals surface area contributed by atoms with Gasteiger partial charge in [0.05, 0.1) is 9.92 Å². The normalized spacial score (nSPS) is 11.2. The van der Waals surface area contributed by atoms with E-state index in [1.165, 1.54) is 18.2 Å². The molecule has 0 atom stereocenters. The molecule has 0 aliphatic rings. The maximum absolute atomic E-state index is 11.4. The molecule has 0 aliphatic carbocycles. The summed E-state index contributed by atoms with van der Waals surface area (Å²) >= 11 is 5.62. The van der Waals surface area contributed by atoms with Gasteiger partial charge >= 0.3 is 5.97 Å². The lowest BCUT2D eigenvalue weighted by molar-refractivity contribution is -0.134. The molecular formula is C8H7ClO4S. The molecule has 0 saturated heterocycles. The molecule has 14 heavy (non-hydrogen) atoms. The molecule has 1 aromatic carbocycles. The molecule has 0 bridgehead atoms. The first kappa shape index (κ1) is 11.0. The smallest absolute Gasteiger partial charge is 0.319 e. The minimum absolute atomic E-state index is 0.0359. The zero-order chi connectivity index (χ0) is 10.8. The molecule has 0 saturated carbocycles. The summed E-state index contributed by atoms with van der Waals surface area (Å²) in [6, 6.07) is 5.74. The molecule has 0 aliphatic heterocycles. The Balaban J connectivity index is 3.17. The van der Waals surface area contributed by atoms with E-state index in [2.05, 4.69) is 0 Å². The molecule has 0 aromatic heterocycles. The van der Waals surface area contributed by atoms with Crippen LogP contribution in [0.4, 0.5) is 0 Å². The lowest BCUT2D eigenvalue weighted by atomic mass is 10.4. The van der Waals surface area contributed by atoms with E-state index in [9.17, 15) is 13.2 Å². The average molecular weight is 235 g/mol. The molecule has 4 nitrogen and oxygen atoms in total. The molecule has 0 radical (unpaired) electrons. The zero-order valence-electron chi connectivity index (χ0n) is 6.97. The number of carboxylic acids is 1. The van der Waals surface area contributed by atoms with Gasteiger partial charge in [-0.15, -0.1) is 0 Å². The first-order valence-electron chi connectivity index (χ1n) is 3.62. The first-order valence-corrected chi connectivity index (χ1v) is 5.65. The SMILES string of the molecule is O=C(O)CS(=O)(=O)c1ccccc1Cl. The summed E-state index contributed by atoms with van der Waals surface area (Å²) in [4.78, 5) is 10.1. The minimum atomic E-state index is -3.82. The quantitative estimate of drug-likeness (QED) is 0.853. The van der Waals surface area contributed by atoms with Crippen LogP contribution in [-0.2, 0) is 14.6 Å². The van der Waals surface area contributed by atoms with Crippen LogP contribution in [0.2, 0.25) is 5.02 Å². The van der Waals surface area contributed by atoms with Gasteiger partial charge in [-0.05, 0) is 12.1 Å². The van der Waals surface area contributed by atoms with E-state index in [1.807, 2.05) is 0 Å². The summed E-state index contributed by atoms with van der Waals surface area (Å²) in [5.41, 5.74) is 0. The number of benzene rings is 1. The van der Waals surface area contributed by atoms with Crippen molar-refractivity contribution in [1.82, 2.24) is 0 Å². The number of aliphatic carboxylic acids is 1. The molecule has 1 aromatic rings. The standard InChI is InChI=1S/C8H7ClO4S/c9-6-3-1-2-4-7(6)14(12,13)5-8(10)11/h1-4H,5H2,(H,10,11). The topological polar surface area (TPSA) is 71.4 Å². The molecule has 76 valence electrons. The maximum atomic E-state index is 11.4. The second kappa shape index (κ2) is 3.98. The molecule has 6 heteroatoms. The van der Waals surface area contributed by atoms with Crippen LogP contribution in [0, 0.1) is 0 Å². The second-order valence-corrected chi connectivity index (χ2v) is 4.95. The van der Waals surface area contributed by atoms with Crippen molar-refractivity contribution >= 4 is 27.4 Å². The van der Waals surface area contributed by atoms with Crippen molar-refractivity contribution in [2.45, 2.75) is 4.90 Å². The number of hydrogen-bond acceptors (Lipinski definition) is 3. The Morgan fingerprint density at radius 2 is 1.93 bits per heavy atom. The third-order valence-corrected chi connectivity index (χ3v) is 3.58. The lowest BCUT2D eigenvalue weighted by Crippen LogP contribution is -2.15. The van der Waals surface area contributed by atoms with Crippen molar-refractivity contribution in [2.75, 3.05) is 5.75 Å². The fourth-order valence-corrected chi connectivity index (χ4v) is 2.56. The summed E-state index contributed by atoms with van der Waals surface area (Å²) in [7, 11) is -3.82. The van der Waals surface area contributed by atoms with E-state index in [4.69, 9.17) is 16.7 Å². The highest BCUT2D eigenvalue weighted by Gasteiger charge is 2.20. The van der Waals surface area contributed by atoms with Crippen molar-refractivity contribution < 1.29 is 18.3 Å². The average Bonchev–Trinajstić information content (AvgIpc) is 2.02. The van der Waals surface area contributed by atoms with E-state index in [0.29, 0.717) is 0 Å². The highest BCUT2D eigenvalue weighted by atomic mass is 35.5. The van der Waals surface area contributed by atoms with Crippen LogP contribution in [-0.4, -0.2) is 25.2 Å². The molecule has 0 amide bonds. The number of carbonyl (C=O) groups is 1. The molecule has 0 heterocycles. The van der Waals surface area contributed by atoms with Gasteiger partial charge < -0.3 is 5.11 Å². The van der Waals surface area contributed by atoms with Gasteiger partial charge in [0.1, 0.15) is 0 Å². The molecular weight excluding hydrogens is 228 g/mol. The van der Waals surface area contributed by atoms with E-state index in [-0.39, 0.29) is 9.92 Å². The fraction of sp³-hybridized carbons (Fsp3) is 0.125. The fourth-order valence-electron chi connectivity index (χ4n) is 0.937. The Hall–Kier alpha value is -1.07. The molecule has 0 spiro atoms. The van der Waals surface area contributed by atoms with Crippen LogP contribution in [0.3, 0.4) is 0 Å². The Kier molecular flexibility index (Phi) is 3.13. The van der Waals surface area contributed by atoms with Crippen molar-refractivity contribution in [1.29, 1.82) is 0 Å². The third kappa shape index (κ3) is 2.46. The summed E-state index contributed by atoms with van der Waals surface area (Å²) in [5.74, 6) is -2.35. The Morgan fingerprint density at radius 1 is 1.36 bits per heavy atom. The van der Waals surface area contributed by atoms with Crippen molar-refractivity contribution in [3.63, 3.8) is 0 Å². The predicted octanol–water partition coefficient (Wildman–Crippen LogP) is 1.20. The van der Waals surface area contributed by atoms with Gasteiger partial charge in [0.25, 0.3) is 0 Å². The van der Waals surface area contributed by atoms with Crippen LogP contribution in [0.5, 0.6) is 0 Å². The van der Waals surface area contributed by atoms with E-state index < -0.39 is 21.6 Å². The van der Waals surface area contributed by atoms with Crippen LogP contribution >= 0.6 is 11.6 Å². The van der Waals surface area contributed by atoms with Crippen LogP contribution in [0.15, 0.2) is 29.2 Å². The summed E-state index contributed by atoms with van der Waals surface area (Å²) in [5, 5.41) is 8.41. The second-order valence-electron chi connectivity index (χ2n) is 2.58. The van der Waals surface area contributed by atoms with Gasteiger partial charge in [-0.1, -0.05) is 23.7 Å². The van der Waals surface area contributed by atoms with E-state index in [1.54, 1.807) is 6.07 Å². The van der Waals surface area contributed by atoms with Crippen molar-refractivity contribution in [2.24, 2.45) is 0 Å². The minimum Gasteiger partial charge on any atom is -0.480 e. The highest BCUT2D eigenvalue weighted by Crippen LogP contribution is 2.21. The Labute approximate surface area is 86.0 Å². The van der Waals surface area contributed by atoms with Gasteiger partial charge in [-0.25, -0.2) is 8.42 Å². The first-order chi connectivity index (χ1) is 6.43. The van der Waals surface area contributed by atoms with Gasteiger partial charge in [0, 0.05) is 0 Å². The third-order valence-electron chi connectivity index (χ3n) is 1.49. The highest BCUT2D eigenvalue weighted by molar-refractivity contribution is 7.92. The van der Waals surface area contributed by atoms with Crippen LogP contribution in [0.1, 0.15) is 0 Å². The van der Waals surface area contributed by atoms with Gasteiger partial charge in [0.2, 0.25) is 0 Å². The molecule has 0 fully saturated rings. The van der Waals surface area contributed by atoms with Crippen LogP contribution < -0.4 is 0 Å². The number of rotatable bonds is 3. The maximum Gasteiger partial charge on any atom is 0.319 e. The summed E-state index contributed by atoms with van der Waals surface area (Å²) in [6.45, 7) is 0. The Bertz CT molecular complexity index is 452. The number of halogens is 1. The van der Waals surface area contributed by atoms with E-state index in [0.717, 1.165) is 0 Å². The summed E-state index contributed by atoms with van der Waals surface area (Å²) in [6.07, 6.45) is 0. The number of sulfone groups is 1. The Morgan fingerprint density at radius 3 is 2.43 bits per heavy atom. The molecule has 0 unspecified atom stereocenters. The van der Waals surface area contributed by atoms with Crippen molar-refractivity contribution in [3.05, 3.63) is 29.3 Å². The summed E-state index contributed by atoms with van der Waals surface area (Å²) < 4.78 is 22.8. The van der Waals surface area contributed by atoms with Gasteiger partial charge in [-0.3, -0.25) is 4.79 Å². The van der Waals surface area contributed by atoms with Gasteiger partial charge in [-0.2, -0.15) is 0 Å². The number of carboxylic acid groups (broad SMARTS) is 1. The zero-order valence-corrected chi connectivity index (χ0v) is 8.55. The molecule has 1 rings (SSSR count).